The van der Waals surface area contributed by atoms with E-state index in [4.69, 9.17) is 4.74 Å². The molecule has 9 heteroatoms. The molecule has 7 nitrogen and oxygen atoms in total. The zero-order valence-electron chi connectivity index (χ0n) is 16.0. The molecule has 0 bridgehead atoms. The first-order valence-electron chi connectivity index (χ1n) is 8.52. The topological polar surface area (TPSA) is 92.3 Å². The summed E-state index contributed by atoms with van der Waals surface area (Å²) in [5.41, 5.74) is -0.289. The number of anilines is 3. The van der Waals surface area contributed by atoms with Gasteiger partial charge in [-0.1, -0.05) is 0 Å². The van der Waals surface area contributed by atoms with Crippen molar-refractivity contribution in [2.75, 3.05) is 10.6 Å². The van der Waals surface area contributed by atoms with Crippen LogP contribution in [0.5, 0.6) is 0 Å². The Morgan fingerprint density at radius 1 is 1.14 bits per heavy atom. The Balaban J connectivity index is 2.07. The number of hydrogen-bond donors (Lipinski definition) is 3. The van der Waals surface area contributed by atoms with Gasteiger partial charge in [0.15, 0.2) is 5.82 Å². The third-order valence-corrected chi connectivity index (χ3v) is 3.32. The van der Waals surface area contributed by atoms with Crippen molar-refractivity contribution in [3.63, 3.8) is 0 Å². The Morgan fingerprint density at radius 2 is 1.79 bits per heavy atom. The Labute approximate surface area is 161 Å². The smallest absolute Gasteiger partial charge is 0.408 e. The summed E-state index contributed by atoms with van der Waals surface area (Å²) in [6.07, 6.45) is 0.727. The molecule has 0 radical (unpaired) electrons. The second-order valence-corrected chi connectivity index (χ2v) is 7.04. The van der Waals surface area contributed by atoms with Crippen molar-refractivity contribution < 1.29 is 23.1 Å². The van der Waals surface area contributed by atoms with Gasteiger partial charge in [0.05, 0.1) is 5.69 Å². The summed E-state index contributed by atoms with van der Waals surface area (Å²) >= 11 is 0. The minimum absolute atomic E-state index is 0.131. The zero-order valence-corrected chi connectivity index (χ0v) is 16.0. The zero-order chi connectivity index (χ0) is 20.9. The number of hydrogen-bond acceptors (Lipinski definition) is 5. The minimum atomic E-state index is -0.894. The summed E-state index contributed by atoms with van der Waals surface area (Å²) in [5.74, 6) is -1.84. The number of rotatable bonds is 5. The van der Waals surface area contributed by atoms with E-state index >= 15 is 0 Å². The van der Waals surface area contributed by atoms with E-state index < -0.39 is 35.3 Å². The monoisotopic (exact) mass is 392 g/mol. The van der Waals surface area contributed by atoms with Crippen LogP contribution in [0.2, 0.25) is 0 Å². The van der Waals surface area contributed by atoms with Crippen LogP contribution in [0.1, 0.15) is 27.7 Å². The predicted octanol–water partition coefficient (Wildman–Crippen LogP) is 3.96. The number of benzene rings is 1. The predicted molar refractivity (Wildman–Crippen MR) is 101 cm³/mol. The van der Waals surface area contributed by atoms with Gasteiger partial charge in [-0.15, -0.1) is 0 Å². The van der Waals surface area contributed by atoms with Crippen molar-refractivity contribution in [2.24, 2.45) is 0 Å². The maximum atomic E-state index is 13.4. The van der Waals surface area contributed by atoms with Gasteiger partial charge in [-0.25, -0.2) is 18.6 Å². The summed E-state index contributed by atoms with van der Waals surface area (Å²) < 4.78 is 31.8. The van der Waals surface area contributed by atoms with E-state index in [1.54, 1.807) is 32.9 Å². The number of aromatic nitrogens is 1. The second-order valence-electron chi connectivity index (χ2n) is 7.04. The minimum Gasteiger partial charge on any atom is -0.444 e. The molecule has 28 heavy (non-hydrogen) atoms. The molecule has 0 aliphatic rings. The van der Waals surface area contributed by atoms with Gasteiger partial charge in [0.25, 0.3) is 0 Å². The highest BCUT2D eigenvalue weighted by atomic mass is 19.1. The molecule has 1 unspecified atom stereocenters. The Kier molecular flexibility index (Phi) is 6.50. The van der Waals surface area contributed by atoms with Crippen molar-refractivity contribution in [3.05, 3.63) is 48.2 Å². The summed E-state index contributed by atoms with van der Waals surface area (Å²) in [7, 11) is 0. The fourth-order valence-corrected chi connectivity index (χ4v) is 2.16. The summed E-state index contributed by atoms with van der Waals surface area (Å²) in [4.78, 5) is 28.2. The van der Waals surface area contributed by atoms with Crippen molar-refractivity contribution in [2.45, 2.75) is 39.3 Å². The lowest BCUT2D eigenvalue weighted by Crippen LogP contribution is -2.44. The first kappa shape index (κ1) is 21.1. The number of carbonyl (C=O) groups is 2. The van der Waals surface area contributed by atoms with Crippen LogP contribution in [-0.4, -0.2) is 28.6 Å². The molecule has 0 spiro atoms. The SMILES string of the molecule is CC(NC(=O)OC(C)(C)C)C(=O)Nc1cccnc1Nc1cc(F)cc(F)c1. The van der Waals surface area contributed by atoms with Crippen LogP contribution < -0.4 is 16.0 Å². The van der Waals surface area contributed by atoms with E-state index in [0.717, 1.165) is 18.2 Å². The number of nitrogens with zero attached hydrogens (tertiary/aromatic N) is 1. The molecule has 0 aliphatic carbocycles. The molecule has 0 saturated heterocycles. The standard InChI is InChI=1S/C19H22F2N4O3/c1-11(23-18(27)28-19(2,3)4)17(26)25-15-6-5-7-22-16(15)24-14-9-12(20)8-13(21)10-14/h5-11H,1-4H3,(H,22,24)(H,23,27)(H,25,26). The summed E-state index contributed by atoms with van der Waals surface area (Å²) in [6, 6.07) is 5.18. The molecule has 2 rings (SSSR count). The van der Waals surface area contributed by atoms with E-state index in [0.29, 0.717) is 0 Å². The third kappa shape index (κ3) is 6.49. The van der Waals surface area contributed by atoms with Crippen molar-refractivity contribution >= 4 is 29.2 Å². The average molecular weight is 392 g/mol. The van der Waals surface area contributed by atoms with Crippen molar-refractivity contribution in [1.82, 2.24) is 10.3 Å². The van der Waals surface area contributed by atoms with E-state index in [-0.39, 0.29) is 17.2 Å². The maximum Gasteiger partial charge on any atom is 0.408 e. The molecule has 0 saturated carbocycles. The molecule has 1 heterocycles. The van der Waals surface area contributed by atoms with Crippen molar-refractivity contribution in [1.29, 1.82) is 0 Å². The van der Waals surface area contributed by atoms with Crippen LogP contribution >= 0.6 is 0 Å². The lowest BCUT2D eigenvalue weighted by molar-refractivity contribution is -0.117. The second kappa shape index (κ2) is 8.64. The number of carbonyl (C=O) groups excluding carboxylic acids is 2. The normalized spacial score (nSPS) is 12.1. The highest BCUT2D eigenvalue weighted by Gasteiger charge is 2.21. The first-order chi connectivity index (χ1) is 13.0. The molecular formula is C19H22F2N4O3. The van der Waals surface area contributed by atoms with Crippen LogP contribution in [0.4, 0.5) is 30.8 Å². The molecule has 0 fully saturated rings. The number of nitrogens with one attached hydrogen (secondary N) is 3. The van der Waals surface area contributed by atoms with Crippen LogP contribution in [0.3, 0.4) is 0 Å². The van der Waals surface area contributed by atoms with Gasteiger partial charge in [0.1, 0.15) is 23.3 Å². The molecule has 3 N–H and O–H groups in total. The van der Waals surface area contributed by atoms with E-state index in [1.165, 1.54) is 13.1 Å². The fourth-order valence-electron chi connectivity index (χ4n) is 2.16. The molecule has 2 amide bonds. The van der Waals surface area contributed by atoms with Gasteiger partial charge in [0, 0.05) is 18.0 Å². The molecule has 150 valence electrons. The number of halogens is 2. The van der Waals surface area contributed by atoms with Gasteiger partial charge in [-0.3, -0.25) is 4.79 Å². The largest absolute Gasteiger partial charge is 0.444 e. The Hall–Kier alpha value is -3.23. The van der Waals surface area contributed by atoms with Gasteiger partial charge in [-0.2, -0.15) is 0 Å². The lowest BCUT2D eigenvalue weighted by Gasteiger charge is -2.22. The molecule has 0 aliphatic heterocycles. The first-order valence-corrected chi connectivity index (χ1v) is 8.52. The van der Waals surface area contributed by atoms with Crippen LogP contribution in [0.25, 0.3) is 0 Å². The Bertz CT molecular complexity index is 848. The highest BCUT2D eigenvalue weighted by molar-refractivity contribution is 5.98. The lowest BCUT2D eigenvalue weighted by atomic mass is 10.2. The van der Waals surface area contributed by atoms with Gasteiger partial charge in [-0.05, 0) is 52.0 Å². The summed E-state index contributed by atoms with van der Waals surface area (Å²) in [5, 5.41) is 7.79. The molecule has 1 aromatic carbocycles. The molecule has 1 aromatic heterocycles. The quantitative estimate of drug-likeness (QED) is 0.716. The van der Waals surface area contributed by atoms with Crippen molar-refractivity contribution in [3.8, 4) is 0 Å². The summed E-state index contributed by atoms with van der Waals surface area (Å²) in [6.45, 7) is 6.62. The van der Waals surface area contributed by atoms with E-state index in [2.05, 4.69) is 20.9 Å². The number of alkyl carbamates (subject to hydrolysis) is 1. The highest BCUT2D eigenvalue weighted by Crippen LogP contribution is 2.24. The van der Waals surface area contributed by atoms with Crippen LogP contribution in [0.15, 0.2) is 36.5 Å². The van der Waals surface area contributed by atoms with Gasteiger partial charge < -0.3 is 20.7 Å². The molecule has 1 atom stereocenters. The van der Waals surface area contributed by atoms with Gasteiger partial charge >= 0.3 is 6.09 Å². The van der Waals surface area contributed by atoms with E-state index in [1.807, 2.05) is 0 Å². The molecule has 2 aromatic rings. The number of amides is 2. The Morgan fingerprint density at radius 3 is 2.39 bits per heavy atom. The van der Waals surface area contributed by atoms with Gasteiger partial charge in [0.2, 0.25) is 5.91 Å². The van der Waals surface area contributed by atoms with E-state index in [9.17, 15) is 18.4 Å². The van der Waals surface area contributed by atoms with Crippen LogP contribution in [-0.2, 0) is 9.53 Å². The third-order valence-electron chi connectivity index (χ3n) is 3.32. The maximum absolute atomic E-state index is 13.4. The average Bonchev–Trinajstić information content (AvgIpc) is 2.53. The fraction of sp³-hybridized carbons (Fsp3) is 0.316. The van der Waals surface area contributed by atoms with Crippen LogP contribution in [0, 0.1) is 11.6 Å². The molecular weight excluding hydrogens is 370 g/mol. The number of pyridine rings is 1. The number of ether oxygens (including phenoxy) is 1.